The monoisotopic (exact) mass is 250 g/mol. The summed E-state index contributed by atoms with van der Waals surface area (Å²) in [6, 6.07) is 2.78. The number of nitrogens with zero attached hydrogens (tertiary/aromatic N) is 3. The molecule has 1 aromatic rings. The van der Waals surface area contributed by atoms with Crippen molar-refractivity contribution in [2.75, 3.05) is 19.6 Å². The molecular formula is C14H26N4. The van der Waals surface area contributed by atoms with E-state index in [1.54, 1.807) is 0 Å². The van der Waals surface area contributed by atoms with Gasteiger partial charge >= 0.3 is 0 Å². The summed E-state index contributed by atoms with van der Waals surface area (Å²) in [5.74, 6) is 0.838. The molecule has 1 aromatic heterocycles. The zero-order valence-corrected chi connectivity index (χ0v) is 11.9. The molecule has 1 aliphatic rings. The summed E-state index contributed by atoms with van der Waals surface area (Å²) < 4.78 is 1.88. The number of hydrogen-bond acceptors (Lipinski definition) is 3. The van der Waals surface area contributed by atoms with E-state index in [9.17, 15) is 0 Å². The normalized spacial score (nSPS) is 20.2. The number of hydrogen-bond donors (Lipinski definition) is 1. The summed E-state index contributed by atoms with van der Waals surface area (Å²) in [5.41, 5.74) is 1.19. The fraction of sp³-hybridized carbons (Fsp3) is 0.786. The number of aryl methyl sites for hydroxylation is 1. The van der Waals surface area contributed by atoms with Crippen LogP contribution in [0.25, 0.3) is 0 Å². The Morgan fingerprint density at radius 3 is 2.72 bits per heavy atom. The van der Waals surface area contributed by atoms with Crippen LogP contribution >= 0.6 is 0 Å². The number of rotatable bonds is 5. The Morgan fingerprint density at radius 1 is 1.44 bits per heavy atom. The van der Waals surface area contributed by atoms with Crippen LogP contribution in [0.15, 0.2) is 12.3 Å². The highest BCUT2D eigenvalue weighted by Gasteiger charge is 2.23. The van der Waals surface area contributed by atoms with Crippen molar-refractivity contribution in [2.45, 2.75) is 39.3 Å². The zero-order valence-electron chi connectivity index (χ0n) is 11.9. The molecule has 1 unspecified atom stereocenters. The molecule has 0 radical (unpaired) electrons. The van der Waals surface area contributed by atoms with Gasteiger partial charge in [-0.2, -0.15) is 5.10 Å². The zero-order chi connectivity index (χ0) is 13.0. The van der Waals surface area contributed by atoms with E-state index in [0.29, 0.717) is 6.04 Å². The molecule has 0 spiro atoms. The van der Waals surface area contributed by atoms with Gasteiger partial charge in [-0.05, 0) is 51.4 Å². The molecule has 1 atom stereocenters. The van der Waals surface area contributed by atoms with E-state index in [2.05, 4.69) is 35.2 Å². The first-order valence-electron chi connectivity index (χ1n) is 7.13. The minimum absolute atomic E-state index is 0.659. The quantitative estimate of drug-likeness (QED) is 0.862. The van der Waals surface area contributed by atoms with Gasteiger partial charge in [-0.3, -0.25) is 9.58 Å². The Bertz CT molecular complexity index is 352. The Labute approximate surface area is 110 Å². The summed E-state index contributed by atoms with van der Waals surface area (Å²) >= 11 is 0. The van der Waals surface area contributed by atoms with Gasteiger partial charge in [0.2, 0.25) is 0 Å². The third-order valence-electron chi connectivity index (χ3n) is 4.02. The second-order valence-corrected chi connectivity index (χ2v) is 5.44. The van der Waals surface area contributed by atoms with Crippen molar-refractivity contribution >= 4 is 0 Å². The first-order chi connectivity index (χ1) is 8.69. The fourth-order valence-corrected chi connectivity index (χ4v) is 2.88. The largest absolute Gasteiger partial charge is 0.314 e. The number of likely N-dealkylation sites (tertiary alicyclic amines) is 1. The van der Waals surface area contributed by atoms with Gasteiger partial charge in [-0.25, -0.2) is 0 Å². The molecule has 1 aliphatic heterocycles. The summed E-state index contributed by atoms with van der Waals surface area (Å²) in [5, 5.41) is 8.00. The van der Waals surface area contributed by atoms with E-state index >= 15 is 0 Å². The highest BCUT2D eigenvalue weighted by molar-refractivity contribution is 4.98. The SMILES string of the molecule is CCNC(C)C1CCN(Cc2ccn(C)n2)CC1. The van der Waals surface area contributed by atoms with Gasteiger partial charge in [0.05, 0.1) is 5.69 Å². The summed E-state index contributed by atoms with van der Waals surface area (Å²) in [7, 11) is 1.98. The van der Waals surface area contributed by atoms with Gasteiger partial charge in [-0.1, -0.05) is 6.92 Å². The molecule has 1 saturated heterocycles. The van der Waals surface area contributed by atoms with Crippen molar-refractivity contribution in [3.05, 3.63) is 18.0 Å². The van der Waals surface area contributed by atoms with Crippen molar-refractivity contribution < 1.29 is 0 Å². The van der Waals surface area contributed by atoms with Crippen LogP contribution in [0.5, 0.6) is 0 Å². The van der Waals surface area contributed by atoms with E-state index in [1.165, 1.54) is 31.6 Å². The molecule has 0 saturated carbocycles. The number of piperidine rings is 1. The maximum Gasteiger partial charge on any atom is 0.0764 e. The van der Waals surface area contributed by atoms with Crippen molar-refractivity contribution in [3.8, 4) is 0 Å². The van der Waals surface area contributed by atoms with E-state index in [0.717, 1.165) is 19.0 Å². The van der Waals surface area contributed by atoms with E-state index < -0.39 is 0 Å². The minimum Gasteiger partial charge on any atom is -0.314 e. The Kier molecular flexibility index (Phi) is 4.78. The van der Waals surface area contributed by atoms with Gasteiger partial charge < -0.3 is 5.32 Å². The summed E-state index contributed by atoms with van der Waals surface area (Å²) in [6.45, 7) is 9.00. The lowest BCUT2D eigenvalue weighted by atomic mass is 9.90. The first kappa shape index (κ1) is 13.6. The van der Waals surface area contributed by atoms with Gasteiger partial charge in [-0.15, -0.1) is 0 Å². The van der Waals surface area contributed by atoms with Crippen LogP contribution in [0.4, 0.5) is 0 Å². The van der Waals surface area contributed by atoms with Crippen LogP contribution in [-0.2, 0) is 13.6 Å². The van der Waals surface area contributed by atoms with Crippen LogP contribution in [0, 0.1) is 5.92 Å². The molecule has 2 rings (SSSR count). The highest BCUT2D eigenvalue weighted by atomic mass is 15.3. The fourth-order valence-electron chi connectivity index (χ4n) is 2.88. The number of aromatic nitrogens is 2. The lowest BCUT2D eigenvalue weighted by Crippen LogP contribution is -2.41. The minimum atomic E-state index is 0.659. The lowest BCUT2D eigenvalue weighted by Gasteiger charge is -2.34. The van der Waals surface area contributed by atoms with Gasteiger partial charge in [0, 0.05) is 25.8 Å². The molecule has 0 aromatic carbocycles. The summed E-state index contributed by atoms with van der Waals surface area (Å²) in [6.07, 6.45) is 4.64. The average molecular weight is 250 g/mol. The molecule has 0 amide bonds. The molecule has 2 heterocycles. The predicted octanol–water partition coefficient (Wildman–Crippen LogP) is 1.63. The van der Waals surface area contributed by atoms with Crippen molar-refractivity contribution in [2.24, 2.45) is 13.0 Å². The molecule has 0 aliphatic carbocycles. The number of nitrogens with one attached hydrogen (secondary N) is 1. The third kappa shape index (κ3) is 3.56. The molecule has 1 fully saturated rings. The van der Waals surface area contributed by atoms with Crippen molar-refractivity contribution in [1.82, 2.24) is 20.0 Å². The van der Waals surface area contributed by atoms with Gasteiger partial charge in [0.25, 0.3) is 0 Å². The Balaban J connectivity index is 1.76. The van der Waals surface area contributed by atoms with Crippen LogP contribution in [0.3, 0.4) is 0 Å². The van der Waals surface area contributed by atoms with Crippen molar-refractivity contribution in [3.63, 3.8) is 0 Å². The molecule has 1 N–H and O–H groups in total. The second kappa shape index (κ2) is 6.34. The topological polar surface area (TPSA) is 33.1 Å². The van der Waals surface area contributed by atoms with Crippen LogP contribution in [0.1, 0.15) is 32.4 Å². The molecule has 0 bridgehead atoms. The molecular weight excluding hydrogens is 224 g/mol. The Morgan fingerprint density at radius 2 is 2.17 bits per heavy atom. The molecule has 102 valence electrons. The van der Waals surface area contributed by atoms with E-state index in [-0.39, 0.29) is 0 Å². The molecule has 4 heteroatoms. The maximum absolute atomic E-state index is 4.45. The van der Waals surface area contributed by atoms with Crippen LogP contribution in [-0.4, -0.2) is 40.4 Å². The van der Waals surface area contributed by atoms with Crippen LogP contribution < -0.4 is 5.32 Å². The lowest BCUT2D eigenvalue weighted by molar-refractivity contribution is 0.155. The Hall–Kier alpha value is -0.870. The molecule has 4 nitrogen and oxygen atoms in total. The molecule has 18 heavy (non-hydrogen) atoms. The predicted molar refractivity (Wildman–Crippen MR) is 74.3 cm³/mol. The van der Waals surface area contributed by atoms with E-state index in [4.69, 9.17) is 0 Å². The third-order valence-corrected chi connectivity index (χ3v) is 4.02. The first-order valence-corrected chi connectivity index (χ1v) is 7.13. The van der Waals surface area contributed by atoms with E-state index in [1.807, 2.05) is 17.9 Å². The smallest absolute Gasteiger partial charge is 0.0764 e. The average Bonchev–Trinajstić information content (AvgIpc) is 2.76. The second-order valence-electron chi connectivity index (χ2n) is 5.44. The summed E-state index contributed by atoms with van der Waals surface area (Å²) in [4.78, 5) is 2.53. The van der Waals surface area contributed by atoms with Gasteiger partial charge in [0.1, 0.15) is 0 Å². The van der Waals surface area contributed by atoms with Crippen molar-refractivity contribution in [1.29, 1.82) is 0 Å². The van der Waals surface area contributed by atoms with Crippen LogP contribution in [0.2, 0.25) is 0 Å². The van der Waals surface area contributed by atoms with Gasteiger partial charge in [0.15, 0.2) is 0 Å². The maximum atomic E-state index is 4.45. The standard InChI is InChI=1S/C14H26N4/c1-4-15-12(2)13-5-9-18(10-6-13)11-14-7-8-17(3)16-14/h7-8,12-13,15H,4-6,9-11H2,1-3H3. The highest BCUT2D eigenvalue weighted by Crippen LogP contribution is 2.21.